The number of hydrogen-bond acceptors (Lipinski definition) is 8. The predicted molar refractivity (Wildman–Crippen MR) is 92.2 cm³/mol. The summed E-state index contributed by atoms with van der Waals surface area (Å²) >= 11 is 1.52. The number of benzene rings is 1. The van der Waals surface area contributed by atoms with E-state index in [-0.39, 0.29) is 23.6 Å². The van der Waals surface area contributed by atoms with Crippen molar-refractivity contribution < 1.29 is 29.3 Å². The van der Waals surface area contributed by atoms with Crippen LogP contribution in [0, 0.1) is 0 Å². The molecule has 0 amide bonds. The first-order valence-electron chi connectivity index (χ1n) is 7.68. The van der Waals surface area contributed by atoms with Gasteiger partial charge in [0.1, 0.15) is 17.0 Å². The molecule has 0 saturated heterocycles. The van der Waals surface area contributed by atoms with E-state index in [0.717, 1.165) is 4.88 Å². The second kappa shape index (κ2) is 6.13. The molecule has 2 aromatic heterocycles. The molecule has 1 aromatic carbocycles. The van der Waals surface area contributed by atoms with Crippen molar-refractivity contribution in [3.8, 4) is 22.1 Å². The number of carboxylic acid groups (broad SMARTS) is 1. The van der Waals surface area contributed by atoms with Gasteiger partial charge in [0.25, 0.3) is 0 Å². The van der Waals surface area contributed by atoms with Crippen molar-refractivity contribution in [2.45, 2.75) is 6.54 Å². The van der Waals surface area contributed by atoms with Crippen LogP contribution in [0.15, 0.2) is 35.8 Å². The molecule has 0 spiro atoms. The number of ether oxygens (including phenoxy) is 1. The highest BCUT2D eigenvalue weighted by Gasteiger charge is 2.34. The fourth-order valence-corrected chi connectivity index (χ4v) is 3.38. The van der Waals surface area contributed by atoms with Crippen molar-refractivity contribution >= 4 is 24.1 Å². The lowest BCUT2D eigenvalue weighted by Crippen LogP contribution is -2.51. The van der Waals surface area contributed by atoms with Crippen LogP contribution in [0.1, 0.15) is 15.9 Å². The normalized spacial score (nSPS) is 15.0. The molecular formula is C15H13BN3O6S-. The molecule has 1 aliphatic heterocycles. The summed E-state index contributed by atoms with van der Waals surface area (Å²) in [6, 6.07) is 6.92. The molecule has 9 nitrogen and oxygen atoms in total. The van der Waals surface area contributed by atoms with Crippen LogP contribution in [-0.2, 0) is 6.54 Å². The predicted octanol–water partition coefficient (Wildman–Crippen LogP) is 0.987. The first-order valence-corrected chi connectivity index (χ1v) is 8.56. The largest absolute Gasteiger partial charge is 0.665 e. The Morgan fingerprint density at radius 3 is 2.92 bits per heavy atom. The van der Waals surface area contributed by atoms with Gasteiger partial charge in [-0.1, -0.05) is 17.3 Å². The highest BCUT2D eigenvalue weighted by Crippen LogP contribution is 2.38. The quantitative estimate of drug-likeness (QED) is 0.577. The smallest absolute Gasteiger partial charge is 0.467 e. The summed E-state index contributed by atoms with van der Waals surface area (Å²) in [7, 11) is 0. The molecule has 0 radical (unpaired) electrons. The second-order valence-electron chi connectivity index (χ2n) is 5.80. The van der Waals surface area contributed by atoms with Crippen LogP contribution < -0.4 is 9.39 Å². The number of aromatic carboxylic acids is 1. The van der Waals surface area contributed by atoms with E-state index in [1.54, 1.807) is 12.3 Å². The molecule has 3 heterocycles. The Balaban J connectivity index is 1.70. The number of aromatic nitrogens is 3. The molecule has 0 saturated carbocycles. The zero-order valence-corrected chi connectivity index (χ0v) is 14.1. The molecule has 134 valence electrons. The minimum Gasteiger partial charge on any atom is -0.665 e. The third kappa shape index (κ3) is 3.03. The van der Waals surface area contributed by atoms with Crippen LogP contribution in [-0.4, -0.2) is 49.4 Å². The first kappa shape index (κ1) is 16.6. The Kier molecular flexibility index (Phi) is 3.91. The van der Waals surface area contributed by atoms with E-state index in [9.17, 15) is 19.9 Å². The Hall–Kier alpha value is -2.89. The van der Waals surface area contributed by atoms with Crippen molar-refractivity contribution in [2.75, 3.05) is 6.51 Å². The number of rotatable bonds is 4. The molecule has 0 fully saturated rings. The number of nitrogens with zero attached hydrogens (tertiary/aromatic N) is 3. The summed E-state index contributed by atoms with van der Waals surface area (Å²) in [5, 5.41) is 39.0. The summed E-state index contributed by atoms with van der Waals surface area (Å²) in [5.41, 5.74) is 0.850. The van der Waals surface area contributed by atoms with Gasteiger partial charge in [-0.25, -0.2) is 9.48 Å². The number of hydrogen-bond donors (Lipinski definition) is 3. The lowest BCUT2D eigenvalue weighted by atomic mass is 9.80. The Bertz CT molecular complexity index is 972. The lowest BCUT2D eigenvalue weighted by Gasteiger charge is -2.37. The lowest BCUT2D eigenvalue weighted by molar-refractivity contribution is 0.0689. The third-order valence-electron chi connectivity index (χ3n) is 3.83. The molecular weight excluding hydrogens is 361 g/mol. The molecule has 0 unspecified atom stereocenters. The average Bonchev–Trinajstić information content (AvgIpc) is 3.24. The van der Waals surface area contributed by atoms with E-state index < -0.39 is 19.2 Å². The number of carbonyl (C=O) groups is 1. The molecule has 0 atom stereocenters. The van der Waals surface area contributed by atoms with Crippen molar-refractivity contribution in [2.24, 2.45) is 0 Å². The molecule has 26 heavy (non-hydrogen) atoms. The zero-order valence-electron chi connectivity index (χ0n) is 13.3. The van der Waals surface area contributed by atoms with Crippen LogP contribution >= 0.6 is 11.3 Å². The van der Waals surface area contributed by atoms with Gasteiger partial charge in [0.2, 0.25) is 0 Å². The molecule has 0 aliphatic carbocycles. The Morgan fingerprint density at radius 2 is 2.19 bits per heavy atom. The van der Waals surface area contributed by atoms with Crippen molar-refractivity contribution in [1.29, 1.82) is 0 Å². The van der Waals surface area contributed by atoms with Crippen LogP contribution in [0.5, 0.6) is 11.5 Å². The van der Waals surface area contributed by atoms with Crippen molar-refractivity contribution in [3.05, 3.63) is 47.0 Å². The van der Waals surface area contributed by atoms with Crippen LogP contribution in [0.25, 0.3) is 10.6 Å². The van der Waals surface area contributed by atoms with E-state index in [2.05, 4.69) is 10.3 Å². The van der Waals surface area contributed by atoms with Gasteiger partial charge in [0.05, 0.1) is 24.1 Å². The summed E-state index contributed by atoms with van der Waals surface area (Å²) in [4.78, 5) is 12.7. The standard InChI is InChI=1S/C15H13BN3O6S/c20-15(21)13-9(3-4-11-14(13)25-16(22,23)8-24-11)6-19-7-10(17-18-19)12-2-1-5-26-12/h1-5,7,22-23H,6,8H2,(H,20,21)/q-1. The highest BCUT2D eigenvalue weighted by molar-refractivity contribution is 7.13. The Morgan fingerprint density at radius 1 is 1.35 bits per heavy atom. The van der Waals surface area contributed by atoms with E-state index in [1.807, 2.05) is 17.5 Å². The summed E-state index contributed by atoms with van der Waals surface area (Å²) < 4.78 is 11.8. The van der Waals surface area contributed by atoms with Gasteiger partial charge in [-0.05, 0) is 23.1 Å². The van der Waals surface area contributed by atoms with Crippen LogP contribution in [0.3, 0.4) is 0 Å². The molecule has 0 bridgehead atoms. The maximum absolute atomic E-state index is 11.8. The monoisotopic (exact) mass is 374 g/mol. The Labute approximate surface area is 151 Å². The molecule has 1 aliphatic rings. The van der Waals surface area contributed by atoms with E-state index >= 15 is 0 Å². The van der Waals surface area contributed by atoms with Crippen LogP contribution in [0.4, 0.5) is 0 Å². The highest BCUT2D eigenvalue weighted by atomic mass is 32.1. The van der Waals surface area contributed by atoms with E-state index in [4.69, 9.17) is 9.39 Å². The number of thiophene rings is 1. The van der Waals surface area contributed by atoms with Gasteiger partial charge >= 0.3 is 12.7 Å². The summed E-state index contributed by atoms with van der Waals surface area (Å²) in [5.74, 6) is -1.33. The number of fused-ring (bicyclic) bond motifs is 1. The second-order valence-corrected chi connectivity index (χ2v) is 6.75. The molecule has 3 N–H and O–H groups in total. The minimum atomic E-state index is -3.26. The SMILES string of the molecule is O=C(O)c1c(Cn2cc(-c3cccs3)nn2)ccc2c1O[B-](O)(O)CO2. The topological polar surface area (TPSA) is 127 Å². The maximum atomic E-state index is 11.8. The zero-order chi connectivity index (χ0) is 18.3. The molecule has 3 aromatic rings. The van der Waals surface area contributed by atoms with Gasteiger partial charge in [-0.2, -0.15) is 0 Å². The van der Waals surface area contributed by atoms with Gasteiger partial charge < -0.3 is 24.5 Å². The van der Waals surface area contributed by atoms with Gasteiger partial charge in [0.15, 0.2) is 5.75 Å². The van der Waals surface area contributed by atoms with E-state index in [0.29, 0.717) is 11.3 Å². The van der Waals surface area contributed by atoms with Gasteiger partial charge in [0, 0.05) is 0 Å². The molecule has 4 rings (SSSR count). The minimum absolute atomic E-state index is 0.119. The molecule has 11 heteroatoms. The van der Waals surface area contributed by atoms with E-state index in [1.165, 1.54) is 22.1 Å². The maximum Gasteiger partial charge on any atom is 0.467 e. The van der Waals surface area contributed by atoms with Crippen molar-refractivity contribution in [3.63, 3.8) is 0 Å². The fourth-order valence-electron chi connectivity index (χ4n) is 2.71. The van der Waals surface area contributed by atoms with Crippen LogP contribution in [0.2, 0.25) is 0 Å². The fraction of sp³-hybridized carbons (Fsp3) is 0.133. The summed E-state index contributed by atoms with van der Waals surface area (Å²) in [6.45, 7) is -3.60. The number of carboxylic acids is 1. The average molecular weight is 374 g/mol. The first-order chi connectivity index (χ1) is 12.4. The third-order valence-corrected chi connectivity index (χ3v) is 4.72. The summed E-state index contributed by atoms with van der Waals surface area (Å²) in [6.07, 6.45) is 1.71. The van der Waals surface area contributed by atoms with Crippen molar-refractivity contribution in [1.82, 2.24) is 15.0 Å². The van der Waals surface area contributed by atoms with Gasteiger partial charge in [-0.3, -0.25) is 0 Å². The van der Waals surface area contributed by atoms with Gasteiger partial charge in [-0.15, -0.1) is 16.4 Å².